The first-order chi connectivity index (χ1) is 18.3. The highest BCUT2D eigenvalue weighted by atomic mass is 79.9. The van der Waals surface area contributed by atoms with Crippen LogP contribution in [-0.2, 0) is 14.8 Å². The maximum absolute atomic E-state index is 13.1. The number of amidine groups is 1. The summed E-state index contributed by atoms with van der Waals surface area (Å²) in [4.78, 5) is 14.9. The first kappa shape index (κ1) is 30.2. The molecule has 0 unspecified atom stereocenters. The van der Waals surface area contributed by atoms with Gasteiger partial charge in [0.15, 0.2) is 16.7 Å². The van der Waals surface area contributed by atoms with E-state index < -0.39 is 10.0 Å². The minimum Gasteiger partial charge on any atom is -0.493 e. The molecule has 0 aromatic heterocycles. The third-order valence-corrected chi connectivity index (χ3v) is 8.94. The number of benzene rings is 2. The van der Waals surface area contributed by atoms with Crippen LogP contribution in [0.2, 0.25) is 0 Å². The summed E-state index contributed by atoms with van der Waals surface area (Å²) in [6.45, 7) is 4.89. The fourth-order valence-electron chi connectivity index (χ4n) is 3.91. The van der Waals surface area contributed by atoms with Crippen molar-refractivity contribution in [2.45, 2.75) is 63.7 Å². The predicted octanol–water partition coefficient (Wildman–Crippen LogP) is 7.27. The average molecular weight is 624 g/mol. The number of carbonyl (C=O) groups is 1. The van der Waals surface area contributed by atoms with Crippen molar-refractivity contribution in [1.29, 1.82) is 0 Å². The monoisotopic (exact) mass is 622 g/mol. The maximum Gasteiger partial charge on any atom is 0.284 e. The van der Waals surface area contributed by atoms with Crippen LogP contribution in [0.1, 0.15) is 64.4 Å². The number of halogens is 1. The third-order valence-electron chi connectivity index (χ3n) is 6.00. The predicted molar refractivity (Wildman–Crippen MR) is 158 cm³/mol. The number of methoxy groups -OCH3 is 1. The zero-order valence-electron chi connectivity index (χ0n) is 22.1. The van der Waals surface area contributed by atoms with Crippen LogP contribution in [0.5, 0.6) is 11.5 Å². The Hall–Kier alpha value is -2.30. The zero-order valence-corrected chi connectivity index (χ0v) is 25.3. The number of unbranched alkanes of at least 4 members (excludes halogenated alkanes) is 6. The van der Waals surface area contributed by atoms with Gasteiger partial charge in [-0.2, -0.15) is 8.42 Å². The zero-order chi connectivity index (χ0) is 27.5. The normalized spacial score (nSPS) is 16.0. The van der Waals surface area contributed by atoms with Crippen LogP contribution < -0.4 is 9.47 Å². The molecule has 10 heteroatoms. The van der Waals surface area contributed by atoms with E-state index >= 15 is 0 Å². The van der Waals surface area contributed by atoms with Crippen LogP contribution in [0.4, 0.5) is 0 Å². The molecule has 38 heavy (non-hydrogen) atoms. The lowest BCUT2D eigenvalue weighted by Gasteiger charge is -2.12. The molecule has 0 N–H and O–H groups in total. The molecule has 0 atom stereocenters. The summed E-state index contributed by atoms with van der Waals surface area (Å²) in [5.41, 5.74) is 0.754. The summed E-state index contributed by atoms with van der Waals surface area (Å²) in [6.07, 6.45) is 10.1. The summed E-state index contributed by atoms with van der Waals surface area (Å²) in [5.74, 6) is 0.949. The lowest BCUT2D eigenvalue weighted by Crippen LogP contribution is -2.29. The molecular formula is C28H35BrN2O5S2. The van der Waals surface area contributed by atoms with Crippen molar-refractivity contribution >= 4 is 54.9 Å². The van der Waals surface area contributed by atoms with Crippen LogP contribution in [-0.4, -0.2) is 44.7 Å². The van der Waals surface area contributed by atoms with Gasteiger partial charge in [-0.15, -0.1) is 4.40 Å². The van der Waals surface area contributed by atoms with Crippen molar-refractivity contribution in [2.75, 3.05) is 20.3 Å². The van der Waals surface area contributed by atoms with Gasteiger partial charge in [-0.05, 0) is 73.1 Å². The molecule has 1 amide bonds. The lowest BCUT2D eigenvalue weighted by molar-refractivity contribution is -0.122. The van der Waals surface area contributed by atoms with E-state index in [-0.39, 0.29) is 16.0 Å². The van der Waals surface area contributed by atoms with Crippen molar-refractivity contribution in [2.24, 2.45) is 4.40 Å². The molecule has 0 saturated carbocycles. The molecule has 1 heterocycles. The van der Waals surface area contributed by atoms with Gasteiger partial charge >= 0.3 is 0 Å². The van der Waals surface area contributed by atoms with Gasteiger partial charge in [0.1, 0.15) is 0 Å². The van der Waals surface area contributed by atoms with Crippen LogP contribution in [0.3, 0.4) is 0 Å². The summed E-state index contributed by atoms with van der Waals surface area (Å²) in [6, 6.07) is 11.7. The van der Waals surface area contributed by atoms with E-state index in [0.29, 0.717) is 29.6 Å². The van der Waals surface area contributed by atoms with Crippen molar-refractivity contribution in [3.05, 3.63) is 57.4 Å². The topological polar surface area (TPSA) is 85.3 Å². The van der Waals surface area contributed by atoms with E-state index in [2.05, 4.69) is 27.3 Å². The number of amides is 1. The van der Waals surface area contributed by atoms with Crippen molar-refractivity contribution in [3.8, 4) is 11.5 Å². The highest BCUT2D eigenvalue weighted by Gasteiger charge is 2.34. The van der Waals surface area contributed by atoms with Gasteiger partial charge in [-0.1, -0.05) is 67.4 Å². The maximum atomic E-state index is 13.1. The number of sulfonamides is 1. The molecule has 0 radical (unpaired) electrons. The molecule has 1 aliphatic rings. The number of hydrogen-bond donors (Lipinski definition) is 0. The van der Waals surface area contributed by atoms with E-state index in [1.165, 1.54) is 49.1 Å². The fourth-order valence-corrected chi connectivity index (χ4v) is 6.41. The van der Waals surface area contributed by atoms with E-state index in [1.54, 1.807) is 38.3 Å². The van der Waals surface area contributed by atoms with Crippen LogP contribution in [0.15, 0.2) is 61.1 Å². The molecule has 0 spiro atoms. The second-order valence-electron chi connectivity index (χ2n) is 8.84. The molecular weight excluding hydrogens is 588 g/mol. The summed E-state index contributed by atoms with van der Waals surface area (Å²) in [5, 5.41) is 0.135. The number of likely N-dealkylation sites (N-methyl/N-ethyl adjacent to an activating group) is 1. The molecule has 0 aliphatic carbocycles. The van der Waals surface area contributed by atoms with Crippen molar-refractivity contribution in [1.82, 2.24) is 4.90 Å². The highest BCUT2D eigenvalue weighted by molar-refractivity contribution is 9.10. The summed E-state index contributed by atoms with van der Waals surface area (Å²) < 4.78 is 41.9. The Morgan fingerprint density at radius 1 is 0.974 bits per heavy atom. The molecule has 3 rings (SSSR count). The van der Waals surface area contributed by atoms with Crippen molar-refractivity contribution in [3.63, 3.8) is 0 Å². The van der Waals surface area contributed by atoms with Crippen molar-refractivity contribution < 1.29 is 22.7 Å². The van der Waals surface area contributed by atoms with E-state index in [0.717, 1.165) is 34.6 Å². The Labute approximate surface area is 238 Å². The third kappa shape index (κ3) is 8.35. The van der Waals surface area contributed by atoms with Gasteiger partial charge in [0.05, 0.1) is 23.5 Å². The first-order valence-electron chi connectivity index (χ1n) is 12.9. The van der Waals surface area contributed by atoms with Gasteiger partial charge < -0.3 is 9.47 Å². The first-order valence-corrected chi connectivity index (χ1v) is 16.0. The van der Waals surface area contributed by atoms with Crippen LogP contribution >= 0.6 is 27.7 Å². The number of nitrogens with zero attached hydrogens (tertiary/aromatic N) is 2. The largest absolute Gasteiger partial charge is 0.493 e. The minimum absolute atomic E-state index is 0.0626. The van der Waals surface area contributed by atoms with Gasteiger partial charge in [0.2, 0.25) is 0 Å². The average Bonchev–Trinajstić information content (AvgIpc) is 3.18. The Kier molecular flexibility index (Phi) is 11.7. The van der Waals surface area contributed by atoms with Gasteiger partial charge in [-0.25, -0.2) is 0 Å². The second-order valence-corrected chi connectivity index (χ2v) is 12.4. The SMILES string of the molecule is CCCCCCCCCOc1cc(C=C2SC(=NS(=O)(=O)c3ccc(Br)cc3)N(CC)C2=O)ccc1OC. The highest BCUT2D eigenvalue weighted by Crippen LogP contribution is 2.35. The Morgan fingerprint density at radius 3 is 2.32 bits per heavy atom. The Balaban J connectivity index is 1.73. The Bertz CT molecular complexity index is 1260. The molecule has 206 valence electrons. The number of thioether (sulfide) groups is 1. The quantitative estimate of drug-likeness (QED) is 0.163. The Morgan fingerprint density at radius 2 is 1.66 bits per heavy atom. The fraction of sp³-hybridized carbons (Fsp3) is 0.429. The molecule has 7 nitrogen and oxygen atoms in total. The van der Waals surface area contributed by atoms with Gasteiger partial charge in [-0.3, -0.25) is 9.69 Å². The lowest BCUT2D eigenvalue weighted by atomic mass is 10.1. The number of carbonyl (C=O) groups excluding carboxylic acids is 1. The smallest absolute Gasteiger partial charge is 0.284 e. The van der Waals surface area contributed by atoms with Crippen LogP contribution in [0, 0.1) is 0 Å². The summed E-state index contributed by atoms with van der Waals surface area (Å²) in [7, 11) is -2.38. The minimum atomic E-state index is -3.97. The standard InChI is InChI=1S/C28H35BrN2O5S2/c1-4-6-7-8-9-10-11-18-36-25-19-21(12-17-24(25)35-3)20-26-27(32)31(5-2)28(37-26)30-38(33,34)23-15-13-22(29)14-16-23/h12-17,19-20H,4-11,18H2,1-3H3. The molecule has 1 aliphatic heterocycles. The molecule has 0 bridgehead atoms. The molecule has 2 aromatic rings. The van der Waals surface area contributed by atoms with E-state index in [9.17, 15) is 13.2 Å². The van der Waals surface area contributed by atoms with E-state index in [1.807, 2.05) is 12.1 Å². The number of rotatable bonds is 14. The molecule has 2 aromatic carbocycles. The number of ether oxygens (including phenoxy) is 2. The summed E-state index contributed by atoms with van der Waals surface area (Å²) >= 11 is 4.35. The van der Waals surface area contributed by atoms with E-state index in [4.69, 9.17) is 9.47 Å². The second kappa shape index (κ2) is 14.7. The van der Waals surface area contributed by atoms with Gasteiger partial charge in [0, 0.05) is 11.0 Å². The van der Waals surface area contributed by atoms with Crippen LogP contribution in [0.25, 0.3) is 6.08 Å². The molecule has 1 fully saturated rings. The molecule has 1 saturated heterocycles. The number of hydrogen-bond acceptors (Lipinski definition) is 6. The van der Waals surface area contributed by atoms with Gasteiger partial charge in [0.25, 0.3) is 15.9 Å².